The van der Waals surface area contributed by atoms with E-state index in [9.17, 15) is 13.2 Å². The van der Waals surface area contributed by atoms with Crippen molar-refractivity contribution in [3.8, 4) is 11.5 Å². The standard InChI is InChI=1S/C26H25N3O5S2/c1-4-28-23-21(33-2)13-14-22(34-3)24(23)35-26(28)27-25(30)18-9-11-19(12-10-18)36(31,32)29-16-15-17-7-5-6-8-20(17)29/h5-14H,4,15-16H2,1-3H3. The quantitative estimate of drug-likeness (QED) is 0.377. The van der Waals surface area contributed by atoms with Crippen LogP contribution < -0.4 is 18.6 Å². The van der Waals surface area contributed by atoms with Gasteiger partial charge in [-0.05, 0) is 61.4 Å². The molecule has 3 aromatic carbocycles. The molecule has 36 heavy (non-hydrogen) atoms. The number of carbonyl (C=O) groups excluding carboxylic acids is 1. The summed E-state index contributed by atoms with van der Waals surface area (Å²) in [6.07, 6.45) is 0.674. The molecule has 4 aromatic rings. The number of nitrogens with zero attached hydrogens (tertiary/aromatic N) is 3. The molecule has 0 saturated carbocycles. The second-order valence-electron chi connectivity index (χ2n) is 8.17. The molecule has 0 fully saturated rings. The number of anilines is 1. The van der Waals surface area contributed by atoms with Gasteiger partial charge in [0.1, 0.15) is 21.7 Å². The molecule has 0 bridgehead atoms. The minimum Gasteiger partial charge on any atom is -0.495 e. The molecule has 5 rings (SSSR count). The molecule has 186 valence electrons. The maximum Gasteiger partial charge on any atom is 0.279 e. The van der Waals surface area contributed by atoms with Gasteiger partial charge >= 0.3 is 0 Å². The van der Waals surface area contributed by atoms with Crippen LogP contribution in [0.2, 0.25) is 0 Å². The molecular formula is C26H25N3O5S2. The number of para-hydroxylation sites is 1. The van der Waals surface area contributed by atoms with Gasteiger partial charge in [0, 0.05) is 18.7 Å². The molecule has 1 aliphatic rings. The summed E-state index contributed by atoms with van der Waals surface area (Å²) in [6.45, 7) is 2.93. The van der Waals surface area contributed by atoms with Gasteiger partial charge in [-0.25, -0.2) is 8.42 Å². The molecule has 1 aliphatic heterocycles. The maximum atomic E-state index is 13.3. The molecule has 0 unspecified atom stereocenters. The number of amides is 1. The fourth-order valence-electron chi connectivity index (χ4n) is 4.44. The lowest BCUT2D eigenvalue weighted by Gasteiger charge is -2.19. The number of hydrogen-bond donors (Lipinski definition) is 0. The van der Waals surface area contributed by atoms with Crippen LogP contribution >= 0.6 is 11.3 Å². The molecule has 0 aliphatic carbocycles. The van der Waals surface area contributed by atoms with Crippen molar-refractivity contribution in [3.05, 3.63) is 76.6 Å². The Morgan fingerprint density at radius 1 is 1.00 bits per heavy atom. The molecule has 10 heteroatoms. The highest BCUT2D eigenvalue weighted by Crippen LogP contribution is 2.35. The minimum atomic E-state index is -3.74. The average molecular weight is 524 g/mol. The van der Waals surface area contributed by atoms with Gasteiger partial charge in [-0.2, -0.15) is 4.99 Å². The topological polar surface area (TPSA) is 90.2 Å². The van der Waals surface area contributed by atoms with Crippen molar-refractivity contribution < 1.29 is 22.7 Å². The van der Waals surface area contributed by atoms with Crippen LogP contribution in [0.4, 0.5) is 5.69 Å². The van der Waals surface area contributed by atoms with Gasteiger partial charge in [0.15, 0.2) is 4.80 Å². The summed E-state index contributed by atoms with van der Waals surface area (Å²) in [5, 5.41) is 0. The third-order valence-electron chi connectivity index (χ3n) is 6.24. The normalized spacial score (nSPS) is 13.8. The molecule has 2 heterocycles. The molecule has 0 N–H and O–H groups in total. The first-order valence-electron chi connectivity index (χ1n) is 11.4. The van der Waals surface area contributed by atoms with Gasteiger partial charge < -0.3 is 14.0 Å². The van der Waals surface area contributed by atoms with E-state index in [1.807, 2.05) is 47.9 Å². The number of fused-ring (bicyclic) bond motifs is 2. The number of aryl methyl sites for hydroxylation is 1. The van der Waals surface area contributed by atoms with E-state index in [4.69, 9.17) is 9.47 Å². The zero-order valence-corrected chi connectivity index (χ0v) is 21.7. The number of carbonyl (C=O) groups is 1. The SMILES string of the molecule is CCn1c(=NC(=O)c2ccc(S(=O)(=O)N3CCc4ccccc43)cc2)sc2c(OC)ccc(OC)c21. The molecule has 1 amide bonds. The fourth-order valence-corrected chi connectivity index (χ4v) is 7.14. The van der Waals surface area contributed by atoms with E-state index in [0.717, 1.165) is 15.8 Å². The highest BCUT2D eigenvalue weighted by molar-refractivity contribution is 7.92. The van der Waals surface area contributed by atoms with Crippen molar-refractivity contribution in [2.45, 2.75) is 24.8 Å². The van der Waals surface area contributed by atoms with Gasteiger partial charge in [0.05, 0.1) is 24.8 Å². The third-order valence-corrected chi connectivity index (χ3v) is 9.16. The van der Waals surface area contributed by atoms with Crippen molar-refractivity contribution in [3.63, 3.8) is 0 Å². The number of rotatable bonds is 6. The summed E-state index contributed by atoms with van der Waals surface area (Å²) in [6, 6.07) is 17.1. The van der Waals surface area contributed by atoms with Crippen molar-refractivity contribution in [2.75, 3.05) is 25.1 Å². The molecule has 0 saturated heterocycles. The van der Waals surface area contributed by atoms with Gasteiger partial charge in [0.2, 0.25) is 0 Å². The second kappa shape index (κ2) is 9.44. The van der Waals surface area contributed by atoms with Gasteiger partial charge in [-0.3, -0.25) is 9.10 Å². The van der Waals surface area contributed by atoms with Crippen molar-refractivity contribution in [1.82, 2.24) is 4.57 Å². The van der Waals surface area contributed by atoms with E-state index in [0.29, 0.717) is 47.1 Å². The highest BCUT2D eigenvalue weighted by Gasteiger charge is 2.30. The van der Waals surface area contributed by atoms with E-state index in [1.165, 1.54) is 39.9 Å². The summed E-state index contributed by atoms with van der Waals surface area (Å²) in [7, 11) is -0.548. The van der Waals surface area contributed by atoms with Crippen LogP contribution in [0, 0.1) is 0 Å². The van der Waals surface area contributed by atoms with E-state index in [2.05, 4.69) is 4.99 Å². The van der Waals surface area contributed by atoms with Gasteiger partial charge in [-0.1, -0.05) is 29.5 Å². The van der Waals surface area contributed by atoms with Crippen LogP contribution in [-0.4, -0.2) is 39.7 Å². The first-order chi connectivity index (χ1) is 17.4. The Labute approximate surface area is 213 Å². The number of aromatic nitrogens is 1. The first kappa shape index (κ1) is 24.1. The smallest absolute Gasteiger partial charge is 0.279 e. The first-order valence-corrected chi connectivity index (χ1v) is 13.7. The number of methoxy groups -OCH3 is 2. The summed E-state index contributed by atoms with van der Waals surface area (Å²) in [5.74, 6) is 0.873. The molecule has 1 aromatic heterocycles. The summed E-state index contributed by atoms with van der Waals surface area (Å²) in [5.41, 5.74) is 2.82. The van der Waals surface area contributed by atoms with Crippen molar-refractivity contribution in [2.24, 2.45) is 4.99 Å². The van der Waals surface area contributed by atoms with Crippen LogP contribution in [0.15, 0.2) is 70.6 Å². The summed E-state index contributed by atoms with van der Waals surface area (Å²) >= 11 is 1.34. The lowest BCUT2D eigenvalue weighted by atomic mass is 10.2. The van der Waals surface area contributed by atoms with Crippen molar-refractivity contribution in [1.29, 1.82) is 0 Å². The van der Waals surface area contributed by atoms with Crippen LogP contribution in [0.5, 0.6) is 11.5 Å². The fraction of sp³-hybridized carbons (Fsp3) is 0.231. The number of ether oxygens (including phenoxy) is 2. The Hall–Kier alpha value is -3.63. The lowest BCUT2D eigenvalue weighted by molar-refractivity contribution is 0.0997. The van der Waals surface area contributed by atoms with E-state index >= 15 is 0 Å². The molecule has 0 radical (unpaired) electrons. The third kappa shape index (κ3) is 3.96. The average Bonchev–Trinajstić information content (AvgIpc) is 3.50. The molecule has 0 spiro atoms. The number of sulfonamides is 1. The van der Waals surface area contributed by atoms with Crippen molar-refractivity contribution >= 4 is 43.2 Å². The Bertz CT molecular complexity index is 1640. The molecular weight excluding hydrogens is 498 g/mol. The predicted octanol–water partition coefficient (Wildman–Crippen LogP) is 4.23. The zero-order chi connectivity index (χ0) is 25.4. The van der Waals surface area contributed by atoms with E-state index in [1.54, 1.807) is 14.2 Å². The largest absolute Gasteiger partial charge is 0.495 e. The van der Waals surface area contributed by atoms with Crippen LogP contribution in [0.25, 0.3) is 10.2 Å². The van der Waals surface area contributed by atoms with Gasteiger partial charge in [-0.15, -0.1) is 0 Å². The lowest BCUT2D eigenvalue weighted by Crippen LogP contribution is -2.29. The zero-order valence-electron chi connectivity index (χ0n) is 20.1. The Morgan fingerprint density at radius 2 is 1.69 bits per heavy atom. The second-order valence-corrected chi connectivity index (χ2v) is 11.0. The Balaban J connectivity index is 1.49. The Kier molecular flexibility index (Phi) is 6.31. The number of hydrogen-bond acceptors (Lipinski definition) is 6. The van der Waals surface area contributed by atoms with E-state index < -0.39 is 15.9 Å². The summed E-state index contributed by atoms with van der Waals surface area (Å²) in [4.78, 5) is 18.1. The predicted molar refractivity (Wildman–Crippen MR) is 140 cm³/mol. The summed E-state index contributed by atoms with van der Waals surface area (Å²) < 4.78 is 41.7. The monoisotopic (exact) mass is 523 g/mol. The maximum absolute atomic E-state index is 13.3. The molecule has 0 atom stereocenters. The van der Waals surface area contributed by atoms with Crippen LogP contribution in [0.3, 0.4) is 0 Å². The number of thiazole rings is 1. The van der Waals surface area contributed by atoms with E-state index in [-0.39, 0.29) is 4.90 Å². The van der Waals surface area contributed by atoms with Crippen LogP contribution in [0.1, 0.15) is 22.8 Å². The van der Waals surface area contributed by atoms with Crippen LogP contribution in [-0.2, 0) is 23.0 Å². The van der Waals surface area contributed by atoms with Gasteiger partial charge in [0.25, 0.3) is 15.9 Å². The highest BCUT2D eigenvalue weighted by atomic mass is 32.2. The molecule has 8 nitrogen and oxygen atoms in total. The Morgan fingerprint density at radius 3 is 2.39 bits per heavy atom. The number of benzene rings is 3. The minimum absolute atomic E-state index is 0.135.